The Balaban J connectivity index is 0.000000182. The molecule has 2 heterocycles. The van der Waals surface area contributed by atoms with Gasteiger partial charge in [-0.15, -0.1) is 0 Å². The van der Waals surface area contributed by atoms with Gasteiger partial charge in [0, 0.05) is 11.1 Å². The van der Waals surface area contributed by atoms with Crippen molar-refractivity contribution in [3.63, 3.8) is 0 Å². The molecule has 4 nitrogen and oxygen atoms in total. The van der Waals surface area contributed by atoms with Crippen LogP contribution in [0.5, 0.6) is 11.5 Å². The van der Waals surface area contributed by atoms with E-state index in [0.29, 0.717) is 11.3 Å². The zero-order chi connectivity index (χ0) is 24.1. The summed E-state index contributed by atoms with van der Waals surface area (Å²) in [6.07, 6.45) is 0. The van der Waals surface area contributed by atoms with Crippen molar-refractivity contribution in [2.24, 2.45) is 0 Å². The molecular weight excluding hydrogens is 468 g/mol. The topological polar surface area (TPSA) is 55.7 Å². The van der Waals surface area contributed by atoms with Crippen molar-refractivity contribution < 1.29 is 18.7 Å². The number of alkyl halides is 1. The number of furan rings is 2. The van der Waals surface area contributed by atoms with Gasteiger partial charge in [-0.1, -0.05) is 0 Å². The first-order chi connectivity index (χ1) is 14.9. The number of benzene rings is 2. The molecule has 0 unspecified atom stereocenters. The number of rotatable bonds is 2. The van der Waals surface area contributed by atoms with Gasteiger partial charge in [-0.05, 0) is 119 Å². The number of aromatic hydroxyl groups is 1. The summed E-state index contributed by atoms with van der Waals surface area (Å²) in [7, 11) is 0. The van der Waals surface area contributed by atoms with Crippen molar-refractivity contribution in [1.82, 2.24) is 0 Å². The summed E-state index contributed by atoms with van der Waals surface area (Å²) in [6.45, 7) is 20.3. The van der Waals surface area contributed by atoms with Crippen LogP contribution in [-0.2, 0) is 0 Å². The molecule has 2 aromatic carbocycles. The molecule has 0 fully saturated rings. The molecule has 0 radical (unpaired) electrons. The van der Waals surface area contributed by atoms with Crippen LogP contribution in [0.15, 0.2) is 8.83 Å². The van der Waals surface area contributed by atoms with Crippen LogP contribution in [0.4, 0.5) is 0 Å². The van der Waals surface area contributed by atoms with Crippen LogP contribution in [0.3, 0.4) is 0 Å². The average molecular weight is 501 g/mol. The summed E-state index contributed by atoms with van der Waals surface area (Å²) in [5.74, 6) is 3.15. The van der Waals surface area contributed by atoms with Gasteiger partial charge in [0.2, 0.25) is 0 Å². The van der Waals surface area contributed by atoms with Crippen LogP contribution in [0.25, 0.3) is 21.9 Å². The van der Waals surface area contributed by atoms with E-state index in [1.54, 1.807) is 0 Å². The van der Waals surface area contributed by atoms with Crippen molar-refractivity contribution in [2.45, 2.75) is 69.2 Å². The van der Waals surface area contributed by atoms with E-state index in [-0.39, 0.29) is 0 Å². The Morgan fingerprint density at radius 3 is 1.53 bits per heavy atom. The van der Waals surface area contributed by atoms with Crippen LogP contribution in [0.2, 0.25) is 0 Å². The molecule has 5 heteroatoms. The smallest absolute Gasteiger partial charge is 0.143 e. The Morgan fingerprint density at radius 1 is 0.594 bits per heavy atom. The van der Waals surface area contributed by atoms with Gasteiger partial charge in [-0.25, -0.2) is 0 Å². The Morgan fingerprint density at radius 2 is 1.03 bits per heavy atom. The molecule has 0 aliphatic heterocycles. The lowest BCUT2D eigenvalue weighted by Gasteiger charge is -2.13. The molecule has 0 saturated heterocycles. The van der Waals surface area contributed by atoms with Crippen molar-refractivity contribution >= 4 is 37.9 Å². The van der Waals surface area contributed by atoms with Crippen molar-refractivity contribution in [1.29, 1.82) is 0 Å². The second-order valence-corrected chi connectivity index (χ2v) is 9.11. The lowest BCUT2D eigenvalue weighted by Crippen LogP contribution is -1.97. The van der Waals surface area contributed by atoms with Crippen molar-refractivity contribution in [3.8, 4) is 11.5 Å². The maximum atomic E-state index is 10.1. The molecule has 32 heavy (non-hydrogen) atoms. The van der Waals surface area contributed by atoms with Gasteiger partial charge in [0.05, 0.1) is 10.8 Å². The summed E-state index contributed by atoms with van der Waals surface area (Å²) in [5, 5.41) is 12.1. The third-order valence-electron chi connectivity index (χ3n) is 7.06. The van der Waals surface area contributed by atoms with Gasteiger partial charge < -0.3 is 18.7 Å². The summed E-state index contributed by atoms with van der Waals surface area (Å²) < 4.78 is 17.3. The second kappa shape index (κ2) is 8.86. The lowest BCUT2D eigenvalue weighted by molar-refractivity contribution is 0.399. The highest BCUT2D eigenvalue weighted by Crippen LogP contribution is 2.40. The van der Waals surface area contributed by atoms with E-state index in [1.807, 2.05) is 41.5 Å². The molecule has 172 valence electrons. The Labute approximate surface area is 198 Å². The van der Waals surface area contributed by atoms with E-state index < -0.39 is 0 Å². The Hall–Kier alpha value is -2.40. The Kier molecular flexibility index (Phi) is 6.71. The van der Waals surface area contributed by atoms with E-state index in [9.17, 15) is 5.11 Å². The summed E-state index contributed by atoms with van der Waals surface area (Å²) in [5.41, 5.74) is 11.3. The molecule has 0 aliphatic rings. The monoisotopic (exact) mass is 500 g/mol. The minimum Gasteiger partial charge on any atom is -0.507 e. The fourth-order valence-corrected chi connectivity index (χ4v) is 4.43. The number of aryl methyl sites for hydroxylation is 6. The SMILES string of the molecule is Cc1oc2c(C)c(C)c(C)c(O)c2c1C.Cc1oc2c(C)c(C)c(C)c(OCBr)c2c1C. The number of fused-ring (bicyclic) bond motifs is 2. The van der Waals surface area contributed by atoms with Gasteiger partial charge >= 0.3 is 0 Å². The van der Waals surface area contributed by atoms with Crippen LogP contribution >= 0.6 is 15.9 Å². The predicted molar refractivity (Wildman–Crippen MR) is 136 cm³/mol. The third kappa shape index (κ3) is 3.71. The summed E-state index contributed by atoms with van der Waals surface area (Å²) >= 11 is 3.33. The molecule has 0 atom stereocenters. The molecule has 0 spiro atoms. The standard InChI is InChI=1S/C14H17BrO2.C13H16O2/c1-7-8(2)13(16-6-15)12-10(4)11(5)17-14(12)9(7)3;1-6-7(2)12(14)11-9(4)10(5)15-13(11)8(6)3/h6H2,1-5H3;14H,1-5H3. The molecule has 0 amide bonds. The summed E-state index contributed by atoms with van der Waals surface area (Å²) in [4.78, 5) is 0. The number of phenols is 1. The van der Waals surface area contributed by atoms with Crippen LogP contribution < -0.4 is 4.74 Å². The highest BCUT2D eigenvalue weighted by molar-refractivity contribution is 9.09. The van der Waals surface area contributed by atoms with Gasteiger partial charge in [0.25, 0.3) is 0 Å². The van der Waals surface area contributed by atoms with Crippen LogP contribution in [0, 0.1) is 69.2 Å². The quantitative estimate of drug-likeness (QED) is 0.280. The first kappa shape index (κ1) is 24.2. The third-order valence-corrected chi connectivity index (χ3v) is 7.29. The normalized spacial score (nSPS) is 11.2. The Bertz CT molecular complexity index is 1340. The highest BCUT2D eigenvalue weighted by atomic mass is 79.9. The van der Waals surface area contributed by atoms with E-state index in [2.05, 4.69) is 43.6 Å². The summed E-state index contributed by atoms with van der Waals surface area (Å²) in [6, 6.07) is 0. The zero-order valence-corrected chi connectivity index (χ0v) is 22.3. The molecular formula is C27H33BrO4. The van der Waals surface area contributed by atoms with Gasteiger partial charge in [-0.3, -0.25) is 0 Å². The minimum atomic E-state index is 0.363. The molecule has 4 aromatic rings. The number of hydrogen-bond donors (Lipinski definition) is 1. The van der Waals surface area contributed by atoms with Gasteiger partial charge in [-0.2, -0.15) is 0 Å². The molecule has 0 saturated carbocycles. The van der Waals surface area contributed by atoms with Crippen LogP contribution in [0.1, 0.15) is 56.0 Å². The van der Waals surface area contributed by atoms with E-state index in [4.69, 9.17) is 13.6 Å². The van der Waals surface area contributed by atoms with E-state index in [1.165, 1.54) is 22.3 Å². The van der Waals surface area contributed by atoms with Crippen molar-refractivity contribution in [3.05, 3.63) is 56.0 Å². The van der Waals surface area contributed by atoms with Gasteiger partial charge in [0.15, 0.2) is 0 Å². The minimum absolute atomic E-state index is 0.363. The van der Waals surface area contributed by atoms with Gasteiger partial charge in [0.1, 0.15) is 39.7 Å². The fourth-order valence-electron chi connectivity index (χ4n) is 4.20. The molecule has 2 aromatic heterocycles. The molecule has 0 bridgehead atoms. The highest BCUT2D eigenvalue weighted by Gasteiger charge is 2.20. The fraction of sp³-hybridized carbons (Fsp3) is 0.407. The maximum Gasteiger partial charge on any atom is 0.143 e. The molecule has 4 rings (SSSR count). The van der Waals surface area contributed by atoms with E-state index in [0.717, 1.165) is 61.5 Å². The second-order valence-electron chi connectivity index (χ2n) is 8.66. The first-order valence-electron chi connectivity index (χ1n) is 10.8. The molecule has 1 N–H and O–H groups in total. The average Bonchev–Trinajstić information content (AvgIpc) is 3.23. The van der Waals surface area contributed by atoms with Crippen LogP contribution in [-0.4, -0.2) is 10.6 Å². The number of ether oxygens (including phenoxy) is 1. The lowest BCUT2D eigenvalue weighted by atomic mass is 9.98. The number of phenolic OH excluding ortho intramolecular Hbond substituents is 1. The number of halogens is 1. The van der Waals surface area contributed by atoms with Crippen molar-refractivity contribution in [2.75, 3.05) is 5.52 Å². The zero-order valence-electron chi connectivity index (χ0n) is 20.8. The predicted octanol–water partition coefficient (Wildman–Crippen LogP) is 8.39. The first-order valence-corrected chi connectivity index (χ1v) is 11.9. The maximum absolute atomic E-state index is 10.1. The largest absolute Gasteiger partial charge is 0.507 e. The van der Waals surface area contributed by atoms with E-state index >= 15 is 0 Å². The number of hydrogen-bond acceptors (Lipinski definition) is 4. The molecule has 0 aliphatic carbocycles.